The van der Waals surface area contributed by atoms with E-state index in [0.29, 0.717) is 28.3 Å². The van der Waals surface area contributed by atoms with Gasteiger partial charge in [-0.1, -0.05) is 17.7 Å². The van der Waals surface area contributed by atoms with Crippen LogP contribution in [0.4, 0.5) is 10.1 Å². The van der Waals surface area contributed by atoms with E-state index in [1.807, 2.05) is 18.2 Å². The number of aromatic nitrogens is 2. The van der Waals surface area contributed by atoms with Gasteiger partial charge in [-0.2, -0.15) is 10.4 Å². The lowest BCUT2D eigenvalue weighted by molar-refractivity contribution is 0.111. The maximum absolute atomic E-state index is 14.1. The maximum Gasteiger partial charge on any atom is 0.170 e. The van der Waals surface area contributed by atoms with Crippen molar-refractivity contribution in [1.82, 2.24) is 9.78 Å². The highest BCUT2D eigenvalue weighted by Crippen LogP contribution is 2.32. The van der Waals surface area contributed by atoms with Crippen molar-refractivity contribution in [2.75, 3.05) is 18.0 Å². The zero-order chi connectivity index (χ0) is 19.7. The monoisotopic (exact) mass is 394 g/mol. The van der Waals surface area contributed by atoms with E-state index in [4.69, 9.17) is 16.9 Å². The fourth-order valence-electron chi connectivity index (χ4n) is 3.45. The molecule has 1 aromatic heterocycles. The molecule has 1 fully saturated rings. The molecule has 0 saturated carbocycles. The van der Waals surface area contributed by atoms with E-state index in [1.54, 1.807) is 18.2 Å². The van der Waals surface area contributed by atoms with E-state index in [1.165, 1.54) is 16.8 Å². The molecular weight excluding hydrogens is 379 g/mol. The molecule has 1 aliphatic rings. The summed E-state index contributed by atoms with van der Waals surface area (Å²) in [5.41, 5.74) is 2.81. The first-order chi connectivity index (χ1) is 13.6. The van der Waals surface area contributed by atoms with Gasteiger partial charge in [-0.3, -0.25) is 4.79 Å². The molecule has 7 heteroatoms. The Hall–Kier alpha value is -3.17. The molecule has 0 amide bonds. The molecule has 0 N–H and O–H groups in total. The Kier molecular flexibility index (Phi) is 4.84. The molecule has 2 heterocycles. The van der Waals surface area contributed by atoms with Crippen molar-refractivity contribution in [3.05, 3.63) is 64.6 Å². The predicted molar refractivity (Wildman–Crippen MR) is 106 cm³/mol. The van der Waals surface area contributed by atoms with Gasteiger partial charge >= 0.3 is 0 Å². The minimum Gasteiger partial charge on any atom is -0.371 e. The van der Waals surface area contributed by atoms with Crippen LogP contribution in [0.15, 0.2) is 42.5 Å². The summed E-state index contributed by atoms with van der Waals surface area (Å²) in [5, 5.41) is 13.7. The normalized spacial score (nSPS) is 13.5. The van der Waals surface area contributed by atoms with Crippen LogP contribution in [-0.4, -0.2) is 29.2 Å². The molecule has 0 atom stereocenters. The molecule has 0 radical (unpaired) electrons. The van der Waals surface area contributed by atoms with Gasteiger partial charge in [-0.05, 0) is 49.2 Å². The summed E-state index contributed by atoms with van der Waals surface area (Å²) in [7, 11) is 0. The molecular formula is C21H16ClFN4O. The molecule has 0 bridgehead atoms. The Morgan fingerprint density at radius 3 is 2.57 bits per heavy atom. The first-order valence-corrected chi connectivity index (χ1v) is 9.28. The molecule has 28 heavy (non-hydrogen) atoms. The van der Waals surface area contributed by atoms with Gasteiger partial charge in [0.15, 0.2) is 6.29 Å². The number of rotatable bonds is 4. The number of carbonyl (C=O) groups is 1. The first kappa shape index (κ1) is 18.2. The fraction of sp³-hybridized carbons (Fsp3) is 0.190. The molecule has 1 saturated heterocycles. The van der Waals surface area contributed by atoms with E-state index < -0.39 is 5.82 Å². The quantitative estimate of drug-likeness (QED) is 0.606. The van der Waals surface area contributed by atoms with E-state index in [0.717, 1.165) is 31.6 Å². The number of nitriles is 1. The summed E-state index contributed by atoms with van der Waals surface area (Å²) in [6.45, 7) is 2.00. The molecule has 2 aromatic carbocycles. The summed E-state index contributed by atoms with van der Waals surface area (Å²) >= 11 is 6.54. The number of aldehydes is 1. The topological polar surface area (TPSA) is 61.9 Å². The van der Waals surface area contributed by atoms with Gasteiger partial charge in [0.25, 0.3) is 0 Å². The van der Waals surface area contributed by atoms with Crippen molar-refractivity contribution in [2.24, 2.45) is 0 Å². The lowest BCUT2D eigenvalue weighted by atomic mass is 10.1. The molecule has 0 spiro atoms. The third kappa shape index (κ3) is 3.25. The minimum atomic E-state index is -0.629. The number of carbonyl (C=O) groups excluding carboxylic acids is 1. The second-order valence-corrected chi connectivity index (χ2v) is 7.03. The lowest BCUT2D eigenvalue weighted by Gasteiger charge is -2.19. The highest BCUT2D eigenvalue weighted by Gasteiger charge is 2.18. The molecule has 1 aliphatic heterocycles. The molecule has 5 nitrogen and oxygen atoms in total. The lowest BCUT2D eigenvalue weighted by Crippen LogP contribution is -2.17. The van der Waals surface area contributed by atoms with Gasteiger partial charge in [0.1, 0.15) is 17.6 Å². The number of hydrogen-bond donors (Lipinski definition) is 0. The molecule has 140 valence electrons. The van der Waals surface area contributed by atoms with Gasteiger partial charge in [-0.15, -0.1) is 0 Å². The van der Waals surface area contributed by atoms with Crippen LogP contribution in [0.1, 0.15) is 28.9 Å². The van der Waals surface area contributed by atoms with Crippen molar-refractivity contribution in [1.29, 1.82) is 5.26 Å². The second kappa shape index (κ2) is 7.45. The van der Waals surface area contributed by atoms with E-state index in [2.05, 4.69) is 10.00 Å². The Balaban J connectivity index is 1.80. The zero-order valence-corrected chi connectivity index (χ0v) is 15.7. The van der Waals surface area contributed by atoms with Crippen molar-refractivity contribution in [3.63, 3.8) is 0 Å². The number of nitrogens with zero attached hydrogens (tertiary/aromatic N) is 4. The third-order valence-electron chi connectivity index (χ3n) is 4.86. The van der Waals surface area contributed by atoms with Gasteiger partial charge in [0, 0.05) is 24.3 Å². The Labute approximate surface area is 166 Å². The van der Waals surface area contributed by atoms with Crippen LogP contribution in [0.2, 0.25) is 5.02 Å². The SMILES string of the molecule is N#Cc1ccc(-c2cc(C=O)nn2-c2ccc(N3CCCC3)cc2Cl)cc1F. The van der Waals surface area contributed by atoms with Gasteiger partial charge in [0.2, 0.25) is 0 Å². The predicted octanol–water partition coefficient (Wildman–Crippen LogP) is 4.62. The summed E-state index contributed by atoms with van der Waals surface area (Å²) in [4.78, 5) is 13.6. The smallest absolute Gasteiger partial charge is 0.170 e. The highest BCUT2D eigenvalue weighted by atomic mass is 35.5. The average molecular weight is 395 g/mol. The summed E-state index contributed by atoms with van der Waals surface area (Å²) in [6.07, 6.45) is 2.96. The van der Waals surface area contributed by atoms with Gasteiger partial charge in [0.05, 0.1) is 22.0 Å². The van der Waals surface area contributed by atoms with Crippen molar-refractivity contribution < 1.29 is 9.18 Å². The summed E-state index contributed by atoms with van der Waals surface area (Å²) in [6, 6.07) is 13.4. The Bertz CT molecular complexity index is 1100. The molecule has 3 aromatic rings. The van der Waals surface area contributed by atoms with Crippen molar-refractivity contribution in [2.45, 2.75) is 12.8 Å². The standard InChI is InChI=1S/C21H16ClFN4O/c22-18-11-17(26-7-1-2-8-26)5-6-20(18)27-21(10-16(13-28)25-27)14-3-4-15(12-24)19(23)9-14/h3-6,9-11,13H,1-2,7-8H2. The van der Waals surface area contributed by atoms with Gasteiger partial charge in [-0.25, -0.2) is 9.07 Å². The fourth-order valence-corrected chi connectivity index (χ4v) is 3.71. The molecule has 0 unspecified atom stereocenters. The number of hydrogen-bond acceptors (Lipinski definition) is 4. The third-order valence-corrected chi connectivity index (χ3v) is 5.17. The maximum atomic E-state index is 14.1. The van der Waals surface area contributed by atoms with Crippen LogP contribution in [0.3, 0.4) is 0 Å². The second-order valence-electron chi connectivity index (χ2n) is 6.62. The Morgan fingerprint density at radius 2 is 1.93 bits per heavy atom. The zero-order valence-electron chi connectivity index (χ0n) is 14.9. The van der Waals surface area contributed by atoms with Crippen LogP contribution in [-0.2, 0) is 0 Å². The van der Waals surface area contributed by atoms with Gasteiger partial charge < -0.3 is 4.90 Å². The van der Waals surface area contributed by atoms with Crippen LogP contribution < -0.4 is 4.90 Å². The Morgan fingerprint density at radius 1 is 1.14 bits per heavy atom. The van der Waals surface area contributed by atoms with E-state index in [9.17, 15) is 9.18 Å². The minimum absolute atomic E-state index is 0.0431. The number of anilines is 1. The van der Waals surface area contributed by atoms with Crippen LogP contribution in [0.25, 0.3) is 16.9 Å². The van der Waals surface area contributed by atoms with Crippen LogP contribution >= 0.6 is 11.6 Å². The average Bonchev–Trinajstić information content (AvgIpc) is 3.38. The molecule has 0 aliphatic carbocycles. The van der Waals surface area contributed by atoms with E-state index in [-0.39, 0.29) is 11.3 Å². The van der Waals surface area contributed by atoms with Crippen molar-refractivity contribution >= 4 is 23.6 Å². The van der Waals surface area contributed by atoms with Crippen molar-refractivity contribution in [3.8, 4) is 23.0 Å². The van der Waals surface area contributed by atoms with Crippen LogP contribution in [0, 0.1) is 17.1 Å². The highest BCUT2D eigenvalue weighted by molar-refractivity contribution is 6.32. The largest absolute Gasteiger partial charge is 0.371 e. The first-order valence-electron chi connectivity index (χ1n) is 8.91. The molecule has 4 rings (SSSR count). The summed E-state index contributed by atoms with van der Waals surface area (Å²) in [5.74, 6) is -0.629. The number of halogens is 2. The summed E-state index contributed by atoms with van der Waals surface area (Å²) < 4.78 is 15.6. The number of benzene rings is 2. The van der Waals surface area contributed by atoms with E-state index >= 15 is 0 Å². The van der Waals surface area contributed by atoms with Crippen LogP contribution in [0.5, 0.6) is 0 Å².